The summed E-state index contributed by atoms with van der Waals surface area (Å²) in [6.45, 7) is 8.24. The average molecular weight is 257 g/mol. The van der Waals surface area contributed by atoms with Gasteiger partial charge in [-0.25, -0.2) is 4.98 Å². The van der Waals surface area contributed by atoms with E-state index in [9.17, 15) is 0 Å². The van der Waals surface area contributed by atoms with E-state index >= 15 is 0 Å². The minimum Gasteiger partial charge on any atom is -0.381 e. The van der Waals surface area contributed by atoms with Crippen LogP contribution in [-0.4, -0.2) is 23.7 Å². The summed E-state index contributed by atoms with van der Waals surface area (Å²) in [4.78, 5) is 4.12. The first-order chi connectivity index (χ1) is 7.84. The number of aromatic nitrogens is 1. The quantitative estimate of drug-likeness (QED) is 0.817. The summed E-state index contributed by atoms with van der Waals surface area (Å²) >= 11 is 5.89. The van der Waals surface area contributed by atoms with Crippen molar-refractivity contribution in [3.63, 3.8) is 0 Å². The number of anilines is 1. The molecule has 1 rings (SSSR count). The Morgan fingerprint density at radius 3 is 2.71 bits per heavy atom. The summed E-state index contributed by atoms with van der Waals surface area (Å²) in [7, 11) is 1.74. The molecule has 0 bridgehead atoms. The molecule has 0 aliphatic rings. The lowest BCUT2D eigenvalue weighted by atomic mass is 10.00. The number of methoxy groups -OCH3 is 1. The molecule has 0 saturated carbocycles. The molecule has 1 aromatic rings. The molecule has 4 heteroatoms. The SMILES string of the molecule is COC(C)(C)CC(C)Nc1cnc(Cl)c(C)c1. The summed E-state index contributed by atoms with van der Waals surface area (Å²) < 4.78 is 5.41. The number of ether oxygens (including phenoxy) is 1. The number of rotatable bonds is 5. The maximum atomic E-state index is 5.89. The Balaban J connectivity index is 2.62. The van der Waals surface area contributed by atoms with Crippen LogP contribution in [0, 0.1) is 6.92 Å². The molecule has 1 heterocycles. The van der Waals surface area contributed by atoms with Crippen LogP contribution in [0.1, 0.15) is 32.8 Å². The Kier molecular flexibility index (Phi) is 4.78. The van der Waals surface area contributed by atoms with Gasteiger partial charge in [0.1, 0.15) is 5.15 Å². The summed E-state index contributed by atoms with van der Waals surface area (Å²) in [5.41, 5.74) is 1.85. The summed E-state index contributed by atoms with van der Waals surface area (Å²) in [6, 6.07) is 2.32. The Morgan fingerprint density at radius 2 is 2.18 bits per heavy atom. The minimum atomic E-state index is -0.124. The van der Waals surface area contributed by atoms with E-state index in [1.54, 1.807) is 13.3 Å². The van der Waals surface area contributed by atoms with Gasteiger partial charge in [-0.1, -0.05) is 11.6 Å². The molecule has 0 amide bonds. The molecule has 0 aliphatic heterocycles. The van der Waals surface area contributed by atoms with Crippen molar-refractivity contribution < 1.29 is 4.74 Å². The van der Waals surface area contributed by atoms with E-state index in [0.717, 1.165) is 17.7 Å². The monoisotopic (exact) mass is 256 g/mol. The molecule has 0 spiro atoms. The lowest BCUT2D eigenvalue weighted by Crippen LogP contribution is -2.31. The van der Waals surface area contributed by atoms with Gasteiger partial charge in [0.05, 0.1) is 17.5 Å². The van der Waals surface area contributed by atoms with Crippen molar-refractivity contribution in [1.29, 1.82) is 0 Å². The van der Waals surface area contributed by atoms with Crippen LogP contribution in [0.4, 0.5) is 5.69 Å². The van der Waals surface area contributed by atoms with Crippen molar-refractivity contribution in [2.45, 2.75) is 45.8 Å². The maximum absolute atomic E-state index is 5.89. The van der Waals surface area contributed by atoms with Gasteiger partial charge in [-0.15, -0.1) is 0 Å². The van der Waals surface area contributed by atoms with Crippen molar-refractivity contribution >= 4 is 17.3 Å². The zero-order chi connectivity index (χ0) is 13.1. The third-order valence-corrected chi connectivity index (χ3v) is 3.17. The average Bonchev–Trinajstić information content (AvgIpc) is 2.23. The van der Waals surface area contributed by atoms with Gasteiger partial charge in [0, 0.05) is 13.2 Å². The van der Waals surface area contributed by atoms with Gasteiger partial charge in [-0.05, 0) is 45.7 Å². The fourth-order valence-electron chi connectivity index (χ4n) is 1.79. The van der Waals surface area contributed by atoms with Crippen LogP contribution in [-0.2, 0) is 4.74 Å². The molecule has 17 heavy (non-hydrogen) atoms. The normalized spacial score (nSPS) is 13.5. The number of hydrogen-bond acceptors (Lipinski definition) is 3. The molecule has 0 saturated heterocycles. The molecule has 3 nitrogen and oxygen atoms in total. The van der Waals surface area contributed by atoms with Crippen molar-refractivity contribution in [2.24, 2.45) is 0 Å². The number of nitrogens with zero attached hydrogens (tertiary/aromatic N) is 1. The zero-order valence-corrected chi connectivity index (χ0v) is 11.9. The second-order valence-corrected chi connectivity index (χ2v) is 5.40. The smallest absolute Gasteiger partial charge is 0.132 e. The molecular weight excluding hydrogens is 236 g/mol. The summed E-state index contributed by atoms with van der Waals surface area (Å²) in [5, 5.41) is 3.96. The van der Waals surface area contributed by atoms with Gasteiger partial charge in [0.15, 0.2) is 0 Å². The molecule has 0 fully saturated rings. The number of hydrogen-bond donors (Lipinski definition) is 1. The van der Waals surface area contributed by atoms with Crippen molar-refractivity contribution in [3.8, 4) is 0 Å². The fourth-order valence-corrected chi connectivity index (χ4v) is 1.90. The Hall–Kier alpha value is -0.800. The van der Waals surface area contributed by atoms with Crippen LogP contribution < -0.4 is 5.32 Å². The first-order valence-corrected chi connectivity index (χ1v) is 6.15. The van der Waals surface area contributed by atoms with Crippen LogP contribution in [0.25, 0.3) is 0 Å². The molecular formula is C13H21ClN2O. The van der Waals surface area contributed by atoms with Crippen molar-refractivity contribution in [1.82, 2.24) is 4.98 Å². The molecule has 1 atom stereocenters. The second-order valence-electron chi connectivity index (χ2n) is 5.05. The van der Waals surface area contributed by atoms with Crippen molar-refractivity contribution in [2.75, 3.05) is 12.4 Å². The van der Waals surface area contributed by atoms with Crippen LogP contribution in [0.3, 0.4) is 0 Å². The number of aryl methyl sites for hydroxylation is 1. The molecule has 1 aromatic heterocycles. The van der Waals surface area contributed by atoms with Gasteiger partial charge in [0.2, 0.25) is 0 Å². The maximum Gasteiger partial charge on any atom is 0.132 e. The lowest BCUT2D eigenvalue weighted by molar-refractivity contribution is 0.0128. The van der Waals surface area contributed by atoms with Gasteiger partial charge >= 0.3 is 0 Å². The van der Waals surface area contributed by atoms with Gasteiger partial charge in [-0.2, -0.15) is 0 Å². The third-order valence-electron chi connectivity index (χ3n) is 2.78. The van der Waals surface area contributed by atoms with E-state index in [1.807, 2.05) is 13.0 Å². The fraction of sp³-hybridized carbons (Fsp3) is 0.615. The molecule has 0 aliphatic carbocycles. The van der Waals surface area contributed by atoms with Crippen LogP contribution in [0.15, 0.2) is 12.3 Å². The van der Waals surface area contributed by atoms with E-state index in [-0.39, 0.29) is 5.60 Å². The lowest BCUT2D eigenvalue weighted by Gasteiger charge is -2.27. The van der Waals surface area contributed by atoms with Gasteiger partial charge in [0.25, 0.3) is 0 Å². The van der Waals surface area contributed by atoms with Crippen molar-refractivity contribution in [3.05, 3.63) is 23.0 Å². The van der Waals surface area contributed by atoms with Crippen LogP contribution >= 0.6 is 11.6 Å². The van der Waals surface area contributed by atoms with Crippen LogP contribution in [0.5, 0.6) is 0 Å². The number of halogens is 1. The summed E-state index contributed by atoms with van der Waals surface area (Å²) in [6.07, 6.45) is 2.68. The molecule has 0 radical (unpaired) electrons. The number of pyridine rings is 1. The predicted molar refractivity (Wildman–Crippen MR) is 72.8 cm³/mol. The van der Waals surface area contributed by atoms with E-state index in [4.69, 9.17) is 16.3 Å². The second kappa shape index (κ2) is 5.69. The standard InChI is InChI=1S/C13H21ClN2O/c1-9-6-11(8-15-12(9)14)16-10(2)7-13(3,4)17-5/h6,8,10,16H,7H2,1-5H3. The predicted octanol–water partition coefficient (Wildman–Crippen LogP) is 3.66. The summed E-state index contributed by atoms with van der Waals surface area (Å²) in [5.74, 6) is 0. The number of nitrogens with one attached hydrogen (secondary N) is 1. The highest BCUT2D eigenvalue weighted by molar-refractivity contribution is 6.30. The molecule has 0 aromatic carbocycles. The third kappa shape index (κ3) is 4.52. The Morgan fingerprint density at radius 1 is 1.53 bits per heavy atom. The minimum absolute atomic E-state index is 0.124. The van der Waals surface area contributed by atoms with Gasteiger partial charge in [-0.3, -0.25) is 0 Å². The van der Waals surface area contributed by atoms with E-state index < -0.39 is 0 Å². The highest BCUT2D eigenvalue weighted by Gasteiger charge is 2.20. The highest BCUT2D eigenvalue weighted by atomic mass is 35.5. The first kappa shape index (κ1) is 14.3. The van der Waals surface area contributed by atoms with E-state index in [0.29, 0.717) is 11.2 Å². The largest absolute Gasteiger partial charge is 0.381 e. The van der Waals surface area contributed by atoms with Crippen LogP contribution in [0.2, 0.25) is 5.15 Å². The highest BCUT2D eigenvalue weighted by Crippen LogP contribution is 2.20. The molecule has 1 unspecified atom stereocenters. The first-order valence-electron chi connectivity index (χ1n) is 5.78. The molecule has 96 valence electrons. The zero-order valence-electron chi connectivity index (χ0n) is 11.2. The van der Waals surface area contributed by atoms with E-state index in [1.165, 1.54) is 0 Å². The van der Waals surface area contributed by atoms with E-state index in [2.05, 4.69) is 31.1 Å². The Labute approximate surface area is 109 Å². The Bertz CT molecular complexity index is 380. The topological polar surface area (TPSA) is 34.1 Å². The molecule has 1 N–H and O–H groups in total. The van der Waals surface area contributed by atoms with Gasteiger partial charge < -0.3 is 10.1 Å².